The minimum absolute atomic E-state index is 0.0827. The van der Waals surface area contributed by atoms with E-state index in [0.29, 0.717) is 17.3 Å². The van der Waals surface area contributed by atoms with Gasteiger partial charge in [-0.05, 0) is 74.6 Å². The van der Waals surface area contributed by atoms with Crippen molar-refractivity contribution in [2.24, 2.45) is 5.92 Å². The van der Waals surface area contributed by atoms with Crippen molar-refractivity contribution in [3.05, 3.63) is 53.7 Å². The summed E-state index contributed by atoms with van der Waals surface area (Å²) in [6.07, 6.45) is 7.87. The van der Waals surface area contributed by atoms with Gasteiger partial charge in [-0.3, -0.25) is 4.72 Å². The van der Waals surface area contributed by atoms with Gasteiger partial charge < -0.3 is 10.4 Å². The van der Waals surface area contributed by atoms with E-state index in [1.807, 2.05) is 19.1 Å². The SMILES string of the molecule is Cc1ccc(-c2sc(N[C@@H](C)CC3CCCCC3)nc2C)cc1S(=O)(=O)Nc1ccc(O)cc1. The Bertz CT molecular complexity index is 1230. The van der Waals surface area contributed by atoms with E-state index in [-0.39, 0.29) is 10.6 Å². The molecular weight excluding hydrogens is 466 g/mol. The molecule has 1 atom stereocenters. The van der Waals surface area contributed by atoms with Crippen molar-refractivity contribution in [3.63, 3.8) is 0 Å². The average Bonchev–Trinajstić information content (AvgIpc) is 3.15. The molecule has 6 nitrogen and oxygen atoms in total. The van der Waals surface area contributed by atoms with Gasteiger partial charge in [0.05, 0.1) is 15.5 Å². The fourth-order valence-corrected chi connectivity index (χ4v) is 7.09. The highest BCUT2D eigenvalue weighted by Gasteiger charge is 2.21. The van der Waals surface area contributed by atoms with Gasteiger partial charge in [0, 0.05) is 11.7 Å². The maximum absolute atomic E-state index is 13.1. The van der Waals surface area contributed by atoms with Crippen molar-refractivity contribution in [1.82, 2.24) is 4.98 Å². The Morgan fingerprint density at radius 3 is 2.50 bits per heavy atom. The fourth-order valence-electron chi connectivity index (χ4n) is 4.69. The first-order chi connectivity index (χ1) is 16.2. The van der Waals surface area contributed by atoms with E-state index in [9.17, 15) is 13.5 Å². The molecule has 3 aromatic rings. The van der Waals surface area contributed by atoms with Crippen LogP contribution in [-0.2, 0) is 10.0 Å². The lowest BCUT2D eigenvalue weighted by Gasteiger charge is -2.24. The number of nitrogens with one attached hydrogen (secondary N) is 2. The maximum atomic E-state index is 13.1. The van der Waals surface area contributed by atoms with Crippen molar-refractivity contribution in [1.29, 1.82) is 0 Å². The zero-order chi connectivity index (χ0) is 24.3. The van der Waals surface area contributed by atoms with E-state index in [0.717, 1.165) is 33.6 Å². The number of sulfonamides is 1. The van der Waals surface area contributed by atoms with E-state index in [2.05, 4.69) is 17.0 Å². The first-order valence-corrected chi connectivity index (χ1v) is 14.2. The molecule has 34 heavy (non-hydrogen) atoms. The van der Waals surface area contributed by atoms with Crippen molar-refractivity contribution < 1.29 is 13.5 Å². The second-order valence-electron chi connectivity index (χ2n) is 9.35. The summed E-state index contributed by atoms with van der Waals surface area (Å²) in [6.45, 7) is 5.97. The molecule has 0 saturated heterocycles. The molecule has 0 radical (unpaired) electrons. The Balaban J connectivity index is 1.53. The normalized spacial score (nSPS) is 15.7. The highest BCUT2D eigenvalue weighted by Crippen LogP contribution is 2.36. The third-order valence-corrected chi connectivity index (χ3v) is 9.10. The maximum Gasteiger partial charge on any atom is 0.262 e. The summed E-state index contributed by atoms with van der Waals surface area (Å²) >= 11 is 1.57. The van der Waals surface area contributed by atoms with Crippen molar-refractivity contribution in [3.8, 4) is 16.2 Å². The van der Waals surface area contributed by atoms with E-state index in [1.165, 1.54) is 56.4 Å². The predicted molar refractivity (Wildman–Crippen MR) is 140 cm³/mol. The lowest BCUT2D eigenvalue weighted by molar-refractivity contribution is 0.328. The van der Waals surface area contributed by atoms with Gasteiger partial charge in [0.15, 0.2) is 5.13 Å². The van der Waals surface area contributed by atoms with E-state index >= 15 is 0 Å². The third kappa shape index (κ3) is 5.91. The van der Waals surface area contributed by atoms with Crippen LogP contribution in [0.2, 0.25) is 0 Å². The van der Waals surface area contributed by atoms with Crippen LogP contribution in [0.3, 0.4) is 0 Å². The van der Waals surface area contributed by atoms with Crippen LogP contribution in [0.4, 0.5) is 10.8 Å². The number of phenols is 1. The van der Waals surface area contributed by atoms with Gasteiger partial charge in [-0.1, -0.05) is 55.6 Å². The number of thiazole rings is 1. The zero-order valence-electron chi connectivity index (χ0n) is 20.0. The number of anilines is 2. The van der Waals surface area contributed by atoms with Gasteiger partial charge in [0.25, 0.3) is 10.0 Å². The Kier molecular flexibility index (Phi) is 7.48. The molecule has 1 aliphatic rings. The van der Waals surface area contributed by atoms with Crippen LogP contribution < -0.4 is 10.0 Å². The highest BCUT2D eigenvalue weighted by molar-refractivity contribution is 7.92. The summed E-state index contributed by atoms with van der Waals surface area (Å²) in [6, 6.07) is 11.8. The first kappa shape index (κ1) is 24.5. The monoisotopic (exact) mass is 499 g/mol. The largest absolute Gasteiger partial charge is 0.508 e. The molecule has 182 valence electrons. The molecule has 0 bridgehead atoms. The molecule has 1 saturated carbocycles. The third-order valence-electron chi connectivity index (χ3n) is 6.44. The van der Waals surface area contributed by atoms with Crippen molar-refractivity contribution in [2.45, 2.75) is 70.2 Å². The lowest BCUT2D eigenvalue weighted by Crippen LogP contribution is -2.20. The molecule has 1 fully saturated rings. The van der Waals surface area contributed by atoms with Gasteiger partial charge in [-0.15, -0.1) is 0 Å². The quantitative estimate of drug-likeness (QED) is 0.300. The first-order valence-electron chi connectivity index (χ1n) is 11.9. The van der Waals surface area contributed by atoms with Gasteiger partial charge in [-0.25, -0.2) is 13.4 Å². The smallest absolute Gasteiger partial charge is 0.262 e. The standard InChI is InChI=1S/C26H33N3O3S2/c1-17-9-10-21(16-24(17)34(31,32)29-22-11-13-23(30)14-12-22)25-19(3)28-26(33-25)27-18(2)15-20-7-5-4-6-8-20/h9-14,16,18,20,29-30H,4-8,15H2,1-3H3,(H,27,28)/t18-/m0/s1. The topological polar surface area (TPSA) is 91.3 Å². The zero-order valence-corrected chi connectivity index (χ0v) is 21.6. The minimum atomic E-state index is -3.79. The van der Waals surface area contributed by atoms with Crippen molar-refractivity contribution in [2.75, 3.05) is 10.0 Å². The second kappa shape index (κ2) is 10.4. The van der Waals surface area contributed by atoms with Gasteiger partial charge in [0.1, 0.15) is 5.75 Å². The molecule has 0 amide bonds. The predicted octanol–water partition coefficient (Wildman–Crippen LogP) is 6.70. The summed E-state index contributed by atoms with van der Waals surface area (Å²) in [5.41, 5.74) is 2.78. The van der Waals surface area contributed by atoms with Crippen LogP contribution in [0.25, 0.3) is 10.4 Å². The number of hydrogen-bond acceptors (Lipinski definition) is 6. The number of aromatic hydroxyl groups is 1. The van der Waals surface area contributed by atoms with Crippen LogP contribution in [-0.4, -0.2) is 24.6 Å². The van der Waals surface area contributed by atoms with Crippen LogP contribution in [0.1, 0.15) is 56.7 Å². The molecule has 0 aliphatic heterocycles. The molecular formula is C26H33N3O3S2. The highest BCUT2D eigenvalue weighted by atomic mass is 32.2. The van der Waals surface area contributed by atoms with Crippen molar-refractivity contribution >= 4 is 32.2 Å². The Morgan fingerprint density at radius 1 is 1.09 bits per heavy atom. The molecule has 1 aliphatic carbocycles. The number of rotatable bonds is 8. The lowest BCUT2D eigenvalue weighted by atomic mass is 9.85. The van der Waals surface area contributed by atoms with E-state index in [4.69, 9.17) is 4.98 Å². The Hall–Kier alpha value is -2.58. The molecule has 1 heterocycles. The Labute approximate surface area is 206 Å². The summed E-state index contributed by atoms with van der Waals surface area (Å²) in [4.78, 5) is 5.92. The number of aromatic nitrogens is 1. The summed E-state index contributed by atoms with van der Waals surface area (Å²) < 4.78 is 28.8. The van der Waals surface area contributed by atoms with Gasteiger partial charge in [-0.2, -0.15) is 0 Å². The number of hydrogen-bond donors (Lipinski definition) is 3. The van der Waals surface area contributed by atoms with Crippen LogP contribution in [0.15, 0.2) is 47.4 Å². The number of nitrogens with zero attached hydrogens (tertiary/aromatic N) is 1. The molecule has 0 spiro atoms. The average molecular weight is 500 g/mol. The summed E-state index contributed by atoms with van der Waals surface area (Å²) in [5.74, 6) is 0.877. The molecule has 3 N–H and O–H groups in total. The molecule has 8 heteroatoms. The summed E-state index contributed by atoms with van der Waals surface area (Å²) in [5, 5.41) is 13.9. The van der Waals surface area contributed by atoms with Crippen LogP contribution >= 0.6 is 11.3 Å². The number of phenolic OH excluding ortho intramolecular Hbond substituents is 1. The van der Waals surface area contributed by atoms with E-state index < -0.39 is 10.0 Å². The summed E-state index contributed by atoms with van der Waals surface area (Å²) in [7, 11) is -3.79. The van der Waals surface area contributed by atoms with Gasteiger partial charge in [0.2, 0.25) is 0 Å². The minimum Gasteiger partial charge on any atom is -0.508 e. The number of benzene rings is 2. The van der Waals surface area contributed by atoms with Crippen LogP contribution in [0, 0.1) is 19.8 Å². The molecule has 1 aromatic heterocycles. The molecule has 0 unspecified atom stereocenters. The Morgan fingerprint density at radius 2 is 1.79 bits per heavy atom. The van der Waals surface area contributed by atoms with E-state index in [1.54, 1.807) is 24.3 Å². The molecule has 2 aromatic carbocycles. The van der Waals surface area contributed by atoms with Crippen LogP contribution in [0.5, 0.6) is 5.75 Å². The number of aryl methyl sites for hydroxylation is 2. The second-order valence-corrected chi connectivity index (χ2v) is 12.0. The van der Waals surface area contributed by atoms with Gasteiger partial charge >= 0.3 is 0 Å². The fraction of sp³-hybridized carbons (Fsp3) is 0.423. The molecule has 4 rings (SSSR count).